The highest BCUT2D eigenvalue weighted by Crippen LogP contribution is 2.16. The van der Waals surface area contributed by atoms with Crippen molar-refractivity contribution >= 4 is 56.0 Å². The fraction of sp³-hybridized carbons (Fsp3) is 0.318. The number of ketones is 1. The third-order valence-corrected chi connectivity index (χ3v) is 5.97. The van der Waals surface area contributed by atoms with Gasteiger partial charge in [-0.15, -0.1) is 21.7 Å². The number of aromatic nitrogens is 3. The van der Waals surface area contributed by atoms with Crippen molar-refractivity contribution in [1.82, 2.24) is 9.78 Å². The molecule has 2 heterocycles. The van der Waals surface area contributed by atoms with E-state index in [9.17, 15) is 4.79 Å². The summed E-state index contributed by atoms with van der Waals surface area (Å²) in [5, 5.41) is 8.95. The summed E-state index contributed by atoms with van der Waals surface area (Å²) in [6.07, 6.45) is 4.41. The summed E-state index contributed by atoms with van der Waals surface area (Å²) < 4.78 is 5.15. The average molecular weight is 556 g/mol. The van der Waals surface area contributed by atoms with E-state index in [0.717, 1.165) is 52.6 Å². The third-order valence-electron chi connectivity index (χ3n) is 5.19. The number of nitrogens with zero attached hydrogens (tertiary/aromatic N) is 3. The van der Waals surface area contributed by atoms with E-state index in [1.807, 2.05) is 53.2 Å². The molecule has 1 aliphatic rings. The first-order valence-corrected chi connectivity index (χ1v) is 11.0. The zero-order valence-electron chi connectivity index (χ0n) is 16.5. The second kappa shape index (κ2) is 10.6. The monoisotopic (exact) mass is 553 g/mol. The summed E-state index contributed by atoms with van der Waals surface area (Å²) in [6, 6.07) is 15.1. The van der Waals surface area contributed by atoms with Crippen molar-refractivity contribution in [1.29, 1.82) is 0 Å². The molecule has 0 radical (unpaired) electrons. The van der Waals surface area contributed by atoms with Gasteiger partial charge < -0.3 is 5.32 Å². The van der Waals surface area contributed by atoms with Gasteiger partial charge in [0.05, 0.1) is 6.54 Å². The molecule has 0 atom stereocenters. The van der Waals surface area contributed by atoms with Crippen molar-refractivity contribution in [2.24, 2.45) is 0 Å². The average Bonchev–Trinajstić information content (AvgIpc) is 2.89. The lowest BCUT2D eigenvalue weighted by Crippen LogP contribution is -2.41. The number of anilines is 1. The highest BCUT2D eigenvalue weighted by molar-refractivity contribution is 9.10. The first-order valence-electron chi connectivity index (χ1n) is 9.87. The zero-order chi connectivity index (χ0) is 20.2. The lowest BCUT2D eigenvalue weighted by Gasteiger charge is -2.04. The molecule has 2 aromatic carbocycles. The van der Waals surface area contributed by atoms with Crippen LogP contribution in [0.15, 0.2) is 53.0 Å². The van der Waals surface area contributed by atoms with Gasteiger partial charge in [0.25, 0.3) is 5.82 Å². The number of fused-ring (bicyclic) bond motifs is 1. The number of nitrogens with one attached hydrogen (secondary N) is 1. The predicted octanol–water partition coefficient (Wildman–Crippen LogP) is 5.39. The van der Waals surface area contributed by atoms with Gasteiger partial charge in [-0.2, -0.15) is 0 Å². The molecular formula is C22H24Br2ClN4O+. The topological polar surface area (TPSA) is 50.8 Å². The van der Waals surface area contributed by atoms with Crippen LogP contribution >= 0.6 is 44.5 Å². The molecule has 0 aliphatic carbocycles. The molecule has 8 heteroatoms. The number of carbonyl (C=O) groups excluding carboxylic acids is 1. The molecule has 0 unspecified atom stereocenters. The number of benzene rings is 2. The Hall–Kier alpha value is -1.70. The van der Waals surface area contributed by atoms with E-state index in [-0.39, 0.29) is 29.3 Å². The second-order valence-electron chi connectivity index (χ2n) is 7.24. The Labute approximate surface area is 200 Å². The summed E-state index contributed by atoms with van der Waals surface area (Å²) in [5.74, 6) is 2.17. The summed E-state index contributed by atoms with van der Waals surface area (Å²) in [4.78, 5) is 12.8. The maximum absolute atomic E-state index is 12.8. The summed E-state index contributed by atoms with van der Waals surface area (Å²) in [5.41, 5.74) is 1.70. The van der Waals surface area contributed by atoms with E-state index >= 15 is 0 Å². The van der Waals surface area contributed by atoms with Crippen molar-refractivity contribution < 1.29 is 9.36 Å². The molecule has 4 rings (SSSR count). The van der Waals surface area contributed by atoms with Crippen molar-refractivity contribution in [3.63, 3.8) is 0 Å². The quantitative estimate of drug-likeness (QED) is 0.328. The van der Waals surface area contributed by atoms with E-state index < -0.39 is 0 Å². The molecule has 1 aromatic heterocycles. The van der Waals surface area contributed by atoms with Gasteiger partial charge in [0, 0.05) is 32.3 Å². The fourth-order valence-corrected chi connectivity index (χ4v) is 4.05. The van der Waals surface area contributed by atoms with Crippen LogP contribution in [0.2, 0.25) is 5.02 Å². The fourth-order valence-electron chi connectivity index (χ4n) is 3.66. The van der Waals surface area contributed by atoms with Gasteiger partial charge in [0.1, 0.15) is 6.54 Å². The minimum absolute atomic E-state index is 0. The Kier molecular flexibility index (Phi) is 8.08. The highest BCUT2D eigenvalue weighted by Gasteiger charge is 2.28. The van der Waals surface area contributed by atoms with Crippen LogP contribution in [0.25, 0.3) is 0 Å². The van der Waals surface area contributed by atoms with E-state index in [0.29, 0.717) is 12.1 Å². The molecule has 0 saturated heterocycles. The smallest absolute Gasteiger partial charge is 0.296 e. The van der Waals surface area contributed by atoms with Gasteiger partial charge in [0.2, 0.25) is 5.82 Å². The maximum atomic E-state index is 12.8. The molecule has 0 saturated carbocycles. The number of rotatable bonds is 6. The van der Waals surface area contributed by atoms with Crippen LogP contribution < -0.4 is 9.88 Å². The van der Waals surface area contributed by atoms with Crippen LogP contribution in [0.5, 0.6) is 0 Å². The van der Waals surface area contributed by atoms with Gasteiger partial charge in [-0.3, -0.25) is 4.79 Å². The van der Waals surface area contributed by atoms with Crippen molar-refractivity contribution in [2.75, 3.05) is 5.32 Å². The molecule has 1 aliphatic heterocycles. The minimum atomic E-state index is 0. The van der Waals surface area contributed by atoms with Crippen LogP contribution in [-0.2, 0) is 26.1 Å². The molecule has 0 bridgehead atoms. The molecule has 1 N–H and O–H groups in total. The largest absolute Gasteiger partial charge is 0.375 e. The number of Topliss-reactive ketones (excluding diaryl/α,β-unsaturated/α-hetero) is 1. The van der Waals surface area contributed by atoms with Gasteiger partial charge in [0.15, 0.2) is 12.3 Å². The predicted molar refractivity (Wildman–Crippen MR) is 128 cm³/mol. The van der Waals surface area contributed by atoms with Gasteiger partial charge >= 0.3 is 0 Å². The van der Waals surface area contributed by atoms with Crippen LogP contribution in [-0.4, -0.2) is 15.6 Å². The standard InChI is InChI=1S/C22H23BrClN4O.BrH/c23-17-7-5-16(6-8-17)20(29)15-28-22-4-2-1-3-13-27(22)21(26-28)14-25-19-11-9-18(24)10-12-19;/h5-12,25H,1-4,13-15H2;1H/q+1;. The van der Waals surface area contributed by atoms with E-state index in [1.165, 1.54) is 6.42 Å². The Morgan fingerprint density at radius 1 is 1.10 bits per heavy atom. The maximum Gasteiger partial charge on any atom is 0.296 e. The van der Waals surface area contributed by atoms with Crippen molar-refractivity contribution in [3.05, 3.63) is 75.2 Å². The number of hydrogen-bond acceptors (Lipinski definition) is 3. The van der Waals surface area contributed by atoms with Crippen molar-refractivity contribution in [2.45, 2.75) is 45.3 Å². The summed E-state index contributed by atoms with van der Waals surface area (Å²) in [6.45, 7) is 1.81. The van der Waals surface area contributed by atoms with E-state index in [1.54, 1.807) is 0 Å². The molecule has 5 nitrogen and oxygen atoms in total. The number of carbonyl (C=O) groups is 1. The first-order chi connectivity index (χ1) is 14.1. The van der Waals surface area contributed by atoms with Crippen LogP contribution in [0.3, 0.4) is 0 Å². The van der Waals surface area contributed by atoms with Crippen molar-refractivity contribution in [3.8, 4) is 0 Å². The SMILES string of the molecule is Br.O=C(Cn1nc(CNc2ccc(Cl)cc2)[n+]2c1CCCCC2)c1ccc(Br)cc1. The Morgan fingerprint density at radius 2 is 1.83 bits per heavy atom. The molecule has 3 aromatic rings. The minimum Gasteiger partial charge on any atom is -0.375 e. The summed E-state index contributed by atoms with van der Waals surface area (Å²) >= 11 is 9.39. The second-order valence-corrected chi connectivity index (χ2v) is 8.60. The Balaban J connectivity index is 0.00000256. The van der Waals surface area contributed by atoms with E-state index in [4.69, 9.17) is 16.7 Å². The number of hydrogen-bond donors (Lipinski definition) is 1. The molecule has 0 fully saturated rings. The third kappa shape index (κ3) is 5.50. The molecule has 158 valence electrons. The lowest BCUT2D eigenvalue weighted by atomic mass is 10.1. The molecule has 30 heavy (non-hydrogen) atoms. The van der Waals surface area contributed by atoms with Crippen LogP contribution in [0.4, 0.5) is 5.69 Å². The lowest BCUT2D eigenvalue weighted by molar-refractivity contribution is -0.710. The van der Waals surface area contributed by atoms with Gasteiger partial charge in [-0.05, 0) is 55.7 Å². The Morgan fingerprint density at radius 3 is 2.57 bits per heavy atom. The van der Waals surface area contributed by atoms with Gasteiger partial charge in [-0.25, -0.2) is 4.57 Å². The van der Waals surface area contributed by atoms with Crippen LogP contribution in [0, 0.1) is 0 Å². The molecule has 0 spiro atoms. The zero-order valence-corrected chi connectivity index (χ0v) is 20.5. The first kappa shape index (κ1) is 23.0. The van der Waals surface area contributed by atoms with E-state index in [2.05, 4.69) is 25.8 Å². The normalized spacial score (nSPS) is 13.1. The molecular weight excluding hydrogens is 532 g/mol. The number of halogens is 3. The molecule has 0 amide bonds. The Bertz CT molecular complexity index is 1000. The van der Waals surface area contributed by atoms with Crippen LogP contribution in [0.1, 0.15) is 41.3 Å². The van der Waals surface area contributed by atoms with Gasteiger partial charge in [-0.1, -0.05) is 39.7 Å². The summed E-state index contributed by atoms with van der Waals surface area (Å²) in [7, 11) is 0. The highest BCUT2D eigenvalue weighted by atomic mass is 79.9.